The Kier molecular flexibility index (Phi) is 7.70. The zero-order chi connectivity index (χ0) is 30.2. The normalized spacial score (nSPS) is 17.3. The summed E-state index contributed by atoms with van der Waals surface area (Å²) in [6, 6.07) is 17.2. The molecule has 0 spiro atoms. The fourth-order valence-electron chi connectivity index (χ4n) is 5.98. The number of anilines is 3. The summed E-state index contributed by atoms with van der Waals surface area (Å²) in [5.74, 6) is -3.63. The maximum Gasteiger partial charge on any atom is 0.255 e. The van der Waals surface area contributed by atoms with E-state index in [1.165, 1.54) is 30.3 Å². The lowest BCUT2D eigenvalue weighted by Crippen LogP contribution is -2.47. The molecule has 3 aromatic carbocycles. The molecule has 11 heteroatoms. The van der Waals surface area contributed by atoms with E-state index >= 15 is 0 Å². The largest absolute Gasteiger partial charge is 0.369 e. The molecule has 0 unspecified atom stereocenters. The molecule has 2 bridgehead atoms. The topological polar surface area (TPSA) is 83.4 Å². The maximum absolute atomic E-state index is 14.4. The number of aromatic nitrogens is 1. The number of nitrogens with one attached hydrogen (secondary N) is 2. The van der Waals surface area contributed by atoms with Gasteiger partial charge in [-0.1, -0.05) is 23.7 Å². The van der Waals surface area contributed by atoms with Crippen LogP contribution in [0.4, 0.5) is 30.2 Å². The van der Waals surface area contributed by atoms with Crippen molar-refractivity contribution in [3.8, 4) is 0 Å². The molecule has 0 aliphatic carbocycles. The molecule has 43 heavy (non-hydrogen) atoms. The Morgan fingerprint density at radius 2 is 1.67 bits per heavy atom. The van der Waals surface area contributed by atoms with Crippen LogP contribution in [0, 0.1) is 23.4 Å². The number of hydrogen-bond acceptors (Lipinski definition) is 4. The number of pyridine rings is 1. The number of carbonyl (C=O) groups excluding carboxylic acids is 2. The third-order valence-electron chi connectivity index (χ3n) is 7.93. The number of rotatable bonds is 6. The molecule has 1 aromatic heterocycles. The second-order valence-electron chi connectivity index (χ2n) is 10.8. The molecular formula is C32H26ClF3N4O3. The minimum absolute atomic E-state index is 0.0307. The molecule has 2 amide bonds. The van der Waals surface area contributed by atoms with Gasteiger partial charge in [0.1, 0.15) is 5.82 Å². The molecule has 4 aromatic rings. The van der Waals surface area contributed by atoms with Crippen LogP contribution in [0.2, 0.25) is 5.02 Å². The predicted octanol–water partition coefficient (Wildman–Crippen LogP) is 5.98. The highest BCUT2D eigenvalue weighted by atomic mass is 35.5. The molecule has 1 saturated heterocycles. The van der Waals surface area contributed by atoms with Crippen molar-refractivity contribution in [2.75, 3.05) is 28.6 Å². The first-order chi connectivity index (χ1) is 20.7. The van der Waals surface area contributed by atoms with Crippen molar-refractivity contribution in [2.24, 2.45) is 5.92 Å². The lowest BCUT2D eigenvalue weighted by molar-refractivity contribution is -0.115. The highest BCUT2D eigenvalue weighted by Gasteiger charge is 2.35. The summed E-state index contributed by atoms with van der Waals surface area (Å²) in [6.45, 7) is 1.76. The maximum atomic E-state index is 14.4. The van der Waals surface area contributed by atoms with Gasteiger partial charge in [-0.25, -0.2) is 13.2 Å². The van der Waals surface area contributed by atoms with Gasteiger partial charge in [-0.3, -0.25) is 14.4 Å². The first-order valence-electron chi connectivity index (χ1n) is 13.7. The Hall–Kier alpha value is -4.57. The first kappa shape index (κ1) is 28.5. The summed E-state index contributed by atoms with van der Waals surface area (Å²) in [5, 5.41) is 5.49. The van der Waals surface area contributed by atoms with Gasteiger partial charge in [0.2, 0.25) is 5.91 Å². The number of fused-ring (bicyclic) bond motifs is 4. The molecule has 6 rings (SSSR count). The lowest BCUT2D eigenvalue weighted by atomic mass is 9.83. The van der Waals surface area contributed by atoms with Crippen LogP contribution in [0.1, 0.15) is 34.0 Å². The first-order valence-corrected chi connectivity index (χ1v) is 14.1. The van der Waals surface area contributed by atoms with E-state index in [1.54, 1.807) is 24.3 Å². The Morgan fingerprint density at radius 1 is 0.860 bits per heavy atom. The third kappa shape index (κ3) is 5.87. The van der Waals surface area contributed by atoms with Gasteiger partial charge in [-0.15, -0.1) is 0 Å². The van der Waals surface area contributed by atoms with E-state index in [1.807, 2.05) is 10.6 Å². The molecule has 1 fully saturated rings. The summed E-state index contributed by atoms with van der Waals surface area (Å²) >= 11 is 6.15. The van der Waals surface area contributed by atoms with Crippen molar-refractivity contribution >= 4 is 40.5 Å². The van der Waals surface area contributed by atoms with Crippen LogP contribution in [-0.2, 0) is 17.8 Å². The molecule has 0 saturated carbocycles. The van der Waals surface area contributed by atoms with E-state index in [9.17, 15) is 27.6 Å². The van der Waals surface area contributed by atoms with E-state index in [-0.39, 0.29) is 45.7 Å². The molecule has 7 nitrogen and oxygen atoms in total. The minimum atomic E-state index is -1.10. The molecule has 2 atom stereocenters. The number of piperidine rings is 1. The van der Waals surface area contributed by atoms with E-state index in [2.05, 4.69) is 15.5 Å². The third-order valence-corrected chi connectivity index (χ3v) is 8.28. The number of hydrogen-bond donors (Lipinski definition) is 2. The highest BCUT2D eigenvalue weighted by molar-refractivity contribution is 6.31. The fraction of sp³-hybridized carbons (Fsp3) is 0.219. The van der Waals surface area contributed by atoms with Crippen LogP contribution >= 0.6 is 11.6 Å². The van der Waals surface area contributed by atoms with Crippen LogP contribution < -0.4 is 21.1 Å². The van der Waals surface area contributed by atoms with Crippen molar-refractivity contribution in [1.82, 2.24) is 4.57 Å². The van der Waals surface area contributed by atoms with E-state index < -0.39 is 29.3 Å². The Balaban J connectivity index is 1.31. The van der Waals surface area contributed by atoms with Crippen molar-refractivity contribution < 1.29 is 22.8 Å². The average Bonchev–Trinajstić information content (AvgIpc) is 2.97. The molecule has 220 valence electrons. The van der Waals surface area contributed by atoms with Crippen LogP contribution in [0.15, 0.2) is 77.6 Å². The molecule has 2 aliphatic heterocycles. The Labute approximate surface area is 249 Å². The number of amides is 2. The summed E-state index contributed by atoms with van der Waals surface area (Å²) in [5.41, 5.74) is 2.16. The summed E-state index contributed by atoms with van der Waals surface area (Å²) in [4.78, 5) is 40.9. The lowest BCUT2D eigenvalue weighted by Gasteiger charge is -2.44. The minimum Gasteiger partial charge on any atom is -0.369 e. The smallest absolute Gasteiger partial charge is 0.255 e. The zero-order valence-electron chi connectivity index (χ0n) is 22.7. The van der Waals surface area contributed by atoms with Crippen molar-refractivity contribution in [2.45, 2.75) is 25.3 Å². The van der Waals surface area contributed by atoms with Gasteiger partial charge in [-0.2, -0.15) is 0 Å². The zero-order valence-corrected chi connectivity index (χ0v) is 23.5. The summed E-state index contributed by atoms with van der Waals surface area (Å²) in [6.07, 6.45) is 0.583. The van der Waals surface area contributed by atoms with Gasteiger partial charge in [0.15, 0.2) is 11.6 Å². The molecular weight excluding hydrogens is 581 g/mol. The monoisotopic (exact) mass is 606 g/mol. The predicted molar refractivity (Wildman–Crippen MR) is 158 cm³/mol. The van der Waals surface area contributed by atoms with Gasteiger partial charge >= 0.3 is 0 Å². The summed E-state index contributed by atoms with van der Waals surface area (Å²) in [7, 11) is 0. The van der Waals surface area contributed by atoms with Crippen molar-refractivity contribution in [3.05, 3.63) is 122 Å². The summed E-state index contributed by atoms with van der Waals surface area (Å²) < 4.78 is 43.3. The number of halogens is 4. The van der Waals surface area contributed by atoms with Gasteiger partial charge in [0, 0.05) is 65.2 Å². The standard InChI is InChI=1S/C32H26ClF3N4O3/c33-23-3-1-4-24(34)22(23)14-30(41)38-27-12-19(32(43)37-21-8-9-25(35)26(36)13-21)7-10-29(27)39-15-18-11-20(17-39)28-5-2-6-31(42)40(28)16-18/h1-10,12-13,18,20H,11,14-17H2,(H,37,43)(H,38,41)/t18-,20+/m1/s1. The Morgan fingerprint density at radius 3 is 2.47 bits per heavy atom. The average molecular weight is 607 g/mol. The highest BCUT2D eigenvalue weighted by Crippen LogP contribution is 2.39. The molecule has 2 N–H and O–H groups in total. The van der Waals surface area contributed by atoms with Crippen molar-refractivity contribution in [3.63, 3.8) is 0 Å². The second kappa shape index (κ2) is 11.6. The van der Waals surface area contributed by atoms with Gasteiger partial charge in [-0.05, 0) is 60.9 Å². The SMILES string of the molecule is O=C(Cc1c(F)cccc1Cl)Nc1cc(C(=O)Nc2ccc(F)c(F)c2)ccc1N1C[C@H]2C[C@@H](C1)c1cccc(=O)n1C2. The van der Waals surface area contributed by atoms with Crippen LogP contribution in [0.25, 0.3) is 0 Å². The number of carbonyl (C=O) groups is 2. The molecule has 3 heterocycles. The quantitative estimate of drug-likeness (QED) is 0.283. The van der Waals surface area contributed by atoms with Crippen LogP contribution in [0.3, 0.4) is 0 Å². The van der Waals surface area contributed by atoms with E-state index in [0.717, 1.165) is 24.2 Å². The van der Waals surface area contributed by atoms with Gasteiger partial charge in [0.05, 0.1) is 17.8 Å². The second-order valence-corrected chi connectivity index (χ2v) is 11.3. The van der Waals surface area contributed by atoms with Crippen LogP contribution in [-0.4, -0.2) is 29.5 Å². The van der Waals surface area contributed by atoms with Gasteiger partial charge < -0.3 is 20.1 Å². The molecule has 0 radical (unpaired) electrons. The Bertz CT molecular complexity index is 1790. The number of nitrogens with zero attached hydrogens (tertiary/aromatic N) is 2. The van der Waals surface area contributed by atoms with Crippen molar-refractivity contribution in [1.29, 1.82) is 0 Å². The van der Waals surface area contributed by atoms with E-state index in [0.29, 0.717) is 31.0 Å². The number of benzene rings is 3. The van der Waals surface area contributed by atoms with E-state index in [4.69, 9.17) is 11.6 Å². The fourth-order valence-corrected chi connectivity index (χ4v) is 6.21. The van der Waals surface area contributed by atoms with Gasteiger partial charge in [0.25, 0.3) is 11.5 Å². The molecule has 2 aliphatic rings. The van der Waals surface area contributed by atoms with Crippen LogP contribution in [0.5, 0.6) is 0 Å².